The van der Waals surface area contributed by atoms with Gasteiger partial charge in [-0.1, -0.05) is 0 Å². The van der Waals surface area contributed by atoms with Gasteiger partial charge in [0.05, 0.1) is 27.7 Å². The smallest absolute Gasteiger partial charge is 0.371 e. The van der Waals surface area contributed by atoms with Crippen LogP contribution in [0.4, 0.5) is 21.9 Å². The highest BCUT2D eigenvalue weighted by Gasteiger charge is 2.38. The number of aromatic nitrogens is 1. The van der Waals surface area contributed by atoms with E-state index in [4.69, 9.17) is 37.2 Å². The molecule has 198 valence electrons. The van der Waals surface area contributed by atoms with Crippen molar-refractivity contribution >= 4 is 77.5 Å². The summed E-state index contributed by atoms with van der Waals surface area (Å²) in [5.74, 6) is -5.69. The fourth-order valence-electron chi connectivity index (χ4n) is 2.97. The Labute approximate surface area is 201 Å². The molecule has 0 radical (unpaired) electrons. The number of hydrogen-bond acceptors (Lipinski definition) is 11. The molecule has 2 rings (SSSR count). The molecule has 0 aliphatic carbocycles. The van der Waals surface area contributed by atoms with Gasteiger partial charge < -0.3 is 32.7 Å². The quantitative estimate of drug-likeness (QED) is 0.0529. The molecule has 0 saturated heterocycles. The highest BCUT2D eigenvalue weighted by atomic mass is 32.2. The number of benzene rings is 1. The summed E-state index contributed by atoms with van der Waals surface area (Å²) in [5, 5.41) is 31.7. The Morgan fingerprint density at radius 3 is 2.00 bits per heavy atom. The molecule has 36 heavy (non-hydrogen) atoms. The Morgan fingerprint density at radius 1 is 1.08 bits per heavy atom. The zero-order valence-electron chi connectivity index (χ0n) is 16.9. The van der Waals surface area contributed by atoms with E-state index in [1.54, 1.807) is 0 Å². The van der Waals surface area contributed by atoms with Crippen LogP contribution in [-0.4, -0.2) is 67.4 Å². The number of nitrogens with two attached hydrogens (primary N) is 3. The molecular formula is C11H15N11O11S3. The van der Waals surface area contributed by atoms with Gasteiger partial charge >= 0.3 is 26.6 Å². The average molecular weight is 574 g/mol. The number of fused-ring (bicyclic) bond motifs is 1. The summed E-state index contributed by atoms with van der Waals surface area (Å²) in [6.07, 6.45) is 0. The Bertz CT molecular complexity index is 1580. The molecule has 1 aromatic heterocycles. The predicted octanol–water partition coefficient (Wildman–Crippen LogP) is -2.10. The number of primary amides is 1. The lowest BCUT2D eigenvalue weighted by Crippen LogP contribution is -2.43. The van der Waals surface area contributed by atoms with E-state index in [1.165, 1.54) is 4.83 Å². The van der Waals surface area contributed by atoms with Gasteiger partial charge in [-0.05, 0) is 0 Å². The number of nitrogen functional groups attached to an aromatic ring is 1. The normalized spacial score (nSPS) is 13.2. The number of carbonyl (C=O) groups excluding carboxylic acids is 1. The van der Waals surface area contributed by atoms with Crippen LogP contribution in [0.1, 0.15) is 5.56 Å². The maximum atomic E-state index is 12.2. The molecule has 1 heterocycles. The lowest BCUT2D eigenvalue weighted by atomic mass is 10.0. The summed E-state index contributed by atoms with van der Waals surface area (Å²) < 4.78 is 88.2. The number of carbonyl (C=O) groups is 1. The summed E-state index contributed by atoms with van der Waals surface area (Å²) in [7, 11) is -11.0. The first-order valence-corrected chi connectivity index (χ1v) is 12.2. The van der Waals surface area contributed by atoms with E-state index in [9.17, 15) is 40.6 Å². The zero-order valence-corrected chi connectivity index (χ0v) is 19.4. The second-order valence-electron chi connectivity index (χ2n) is 6.18. The molecule has 0 saturated carbocycles. The molecule has 0 fully saturated rings. The van der Waals surface area contributed by atoms with Crippen LogP contribution in [0, 0.1) is 10.9 Å². The highest BCUT2D eigenvalue weighted by molar-refractivity contribution is 7.88. The molecule has 15 N–H and O–H groups in total. The molecular weight excluding hydrogens is 558 g/mol. The molecule has 1 aromatic carbocycles. The van der Waals surface area contributed by atoms with Crippen LogP contribution < -0.4 is 31.7 Å². The van der Waals surface area contributed by atoms with Crippen molar-refractivity contribution in [3.63, 3.8) is 0 Å². The molecule has 0 spiro atoms. The van der Waals surface area contributed by atoms with Crippen LogP contribution in [0.15, 0.2) is 9.51 Å². The number of urea groups is 1. The van der Waals surface area contributed by atoms with Gasteiger partial charge in [-0.2, -0.15) is 35.8 Å². The van der Waals surface area contributed by atoms with Crippen LogP contribution in [0.5, 0.6) is 11.8 Å². The van der Waals surface area contributed by atoms with Crippen LogP contribution >= 0.6 is 0 Å². The molecule has 0 aliphatic heterocycles. The second kappa shape index (κ2) is 9.39. The zero-order chi connectivity index (χ0) is 27.9. The van der Waals surface area contributed by atoms with E-state index >= 15 is 0 Å². The van der Waals surface area contributed by atoms with E-state index in [1.807, 2.05) is 5.32 Å². The number of aromatic hydroxyl groups is 2. The second-order valence-corrected chi connectivity index (χ2v) is 9.22. The average Bonchev–Trinajstić information content (AvgIpc) is 2.89. The van der Waals surface area contributed by atoms with Crippen molar-refractivity contribution < 1.29 is 49.7 Å². The standard InChI is InChI=1S/C11H15N11O11S3/c12-7(13)3-4(17-11(15)25)5(18-16)1-2(9(24)21(8(1)23)20-35(28,29)30)6(3)22(36(31,32)33)10(14)19-34(26)27/h16,20,23-24H,(H3,12,13)(H2,14,19)(H,26,27)(H3,15,17,25)(H,28,29,30)(H,31,32,33). The maximum Gasteiger partial charge on any atom is 0.371 e. The van der Waals surface area contributed by atoms with Gasteiger partial charge in [-0.25, -0.2) is 14.5 Å². The fourth-order valence-corrected chi connectivity index (χ4v) is 4.36. The lowest BCUT2D eigenvalue weighted by molar-refractivity contribution is 0.259. The first kappa shape index (κ1) is 27.9. The van der Waals surface area contributed by atoms with E-state index < -0.39 is 99.2 Å². The minimum absolute atomic E-state index is 0.199. The molecule has 0 aliphatic rings. The summed E-state index contributed by atoms with van der Waals surface area (Å²) >= 11 is -3.23. The number of rotatable bonds is 8. The van der Waals surface area contributed by atoms with Gasteiger partial charge in [0.1, 0.15) is 11.5 Å². The van der Waals surface area contributed by atoms with Crippen LogP contribution in [0.2, 0.25) is 0 Å². The van der Waals surface area contributed by atoms with Gasteiger partial charge in [0.15, 0.2) is 0 Å². The minimum Gasteiger partial charge on any atom is -0.493 e. The van der Waals surface area contributed by atoms with Crippen molar-refractivity contribution in [1.29, 1.82) is 10.9 Å². The third-order valence-corrected chi connectivity index (χ3v) is 5.56. The Morgan fingerprint density at radius 2 is 1.61 bits per heavy atom. The van der Waals surface area contributed by atoms with Crippen molar-refractivity contribution in [3.8, 4) is 11.8 Å². The predicted molar refractivity (Wildman–Crippen MR) is 122 cm³/mol. The third-order valence-electron chi connectivity index (χ3n) is 3.97. The van der Waals surface area contributed by atoms with E-state index in [0.717, 1.165) is 0 Å². The van der Waals surface area contributed by atoms with Crippen LogP contribution in [0.25, 0.3) is 10.8 Å². The van der Waals surface area contributed by atoms with E-state index in [2.05, 4.69) is 9.51 Å². The number of amides is 2. The number of guanidine groups is 1. The monoisotopic (exact) mass is 573 g/mol. The van der Waals surface area contributed by atoms with Gasteiger partial charge in [-0.15, -0.1) is 4.40 Å². The summed E-state index contributed by atoms with van der Waals surface area (Å²) in [4.78, 5) is 12.8. The van der Waals surface area contributed by atoms with Crippen molar-refractivity contribution in [3.05, 3.63) is 5.56 Å². The molecule has 2 aromatic rings. The Hall–Kier alpha value is -4.30. The topological polar surface area (TPSA) is 386 Å². The summed E-state index contributed by atoms with van der Waals surface area (Å²) in [6, 6.07) is -1.46. The van der Waals surface area contributed by atoms with Gasteiger partial charge in [-0.3, -0.25) is 19.1 Å². The van der Waals surface area contributed by atoms with Gasteiger partial charge in [0.25, 0.3) is 11.3 Å². The fraction of sp³-hybridized carbons (Fsp3) is 0. The van der Waals surface area contributed by atoms with E-state index in [0.29, 0.717) is 0 Å². The first-order valence-electron chi connectivity index (χ1n) is 8.26. The number of nitrogens with one attached hydrogen (secondary N) is 4. The molecule has 22 nitrogen and oxygen atoms in total. The number of nitrogens with zero attached hydrogens (tertiary/aromatic N) is 4. The Balaban J connectivity index is 3.45. The number of amidine groups is 1. The molecule has 25 heteroatoms. The Kier molecular flexibility index (Phi) is 7.29. The van der Waals surface area contributed by atoms with Crippen molar-refractivity contribution in [1.82, 2.24) is 4.68 Å². The van der Waals surface area contributed by atoms with E-state index in [-0.39, 0.29) is 4.68 Å². The van der Waals surface area contributed by atoms with Crippen molar-refractivity contribution in [2.75, 3.05) is 14.5 Å². The van der Waals surface area contributed by atoms with Crippen LogP contribution in [0.3, 0.4) is 0 Å². The van der Waals surface area contributed by atoms with Crippen molar-refractivity contribution in [2.24, 2.45) is 26.7 Å². The minimum atomic E-state index is -5.76. The van der Waals surface area contributed by atoms with Gasteiger partial charge in [0.2, 0.25) is 17.7 Å². The third kappa shape index (κ3) is 5.18. The number of anilines is 2. The SMILES string of the molecule is N=Nc1c(NC(N)=O)c(C(=N)N)c(N(C(N)=NS(=O)O)S(=O)(=O)O)c2c(O)n(NS(=O)(=O)O)c(O)c12. The molecule has 2 amide bonds. The first-order chi connectivity index (χ1) is 16.3. The molecule has 1 unspecified atom stereocenters. The lowest BCUT2D eigenvalue weighted by Gasteiger charge is -2.25. The largest absolute Gasteiger partial charge is 0.493 e. The summed E-state index contributed by atoms with van der Waals surface area (Å²) in [5.41, 5.74) is 19.1. The number of hydrogen-bond donors (Lipinski definition) is 12. The maximum absolute atomic E-state index is 12.2. The highest BCUT2D eigenvalue weighted by Crippen LogP contribution is 2.52. The molecule has 0 bridgehead atoms. The van der Waals surface area contributed by atoms with Crippen molar-refractivity contribution in [2.45, 2.75) is 0 Å². The molecule has 1 atom stereocenters. The van der Waals surface area contributed by atoms with Gasteiger partial charge in [0, 0.05) is 0 Å². The van der Waals surface area contributed by atoms with Crippen LogP contribution in [-0.2, 0) is 31.9 Å². The summed E-state index contributed by atoms with van der Waals surface area (Å²) in [6.45, 7) is 0.